The van der Waals surface area contributed by atoms with E-state index in [1.54, 1.807) is 26.0 Å². The molecule has 0 saturated carbocycles. The lowest BCUT2D eigenvalue weighted by atomic mass is 10.0. The summed E-state index contributed by atoms with van der Waals surface area (Å²) in [7, 11) is 0. The van der Waals surface area contributed by atoms with Gasteiger partial charge in [0.2, 0.25) is 5.91 Å². The van der Waals surface area contributed by atoms with Gasteiger partial charge >= 0.3 is 0 Å². The summed E-state index contributed by atoms with van der Waals surface area (Å²) in [6.45, 7) is 3.39. The van der Waals surface area contributed by atoms with Gasteiger partial charge in [-0.05, 0) is 50.5 Å². The van der Waals surface area contributed by atoms with E-state index in [2.05, 4.69) is 10.6 Å². The zero-order chi connectivity index (χ0) is 14.8. The van der Waals surface area contributed by atoms with Crippen LogP contribution in [-0.2, 0) is 11.2 Å². The molecular weight excluding hydrogens is 256 g/mol. The van der Waals surface area contributed by atoms with E-state index in [4.69, 9.17) is 0 Å². The Labute approximate surface area is 118 Å². The van der Waals surface area contributed by atoms with E-state index in [1.807, 2.05) is 6.07 Å². The van der Waals surface area contributed by atoms with Gasteiger partial charge in [-0.1, -0.05) is 0 Å². The molecule has 0 spiro atoms. The SMILES string of the molecule is CC(C)(CO)NC(=O)c1ccc2c(c1)CCCC(=O)N2. The number of rotatable bonds is 3. The second-order valence-electron chi connectivity index (χ2n) is 5.77. The molecule has 1 aliphatic heterocycles. The number of aliphatic hydroxyl groups excluding tert-OH is 1. The van der Waals surface area contributed by atoms with Crippen LogP contribution in [0, 0.1) is 0 Å². The van der Waals surface area contributed by atoms with Gasteiger partial charge in [0, 0.05) is 17.7 Å². The second kappa shape index (κ2) is 5.63. The average molecular weight is 276 g/mol. The summed E-state index contributed by atoms with van der Waals surface area (Å²) in [4.78, 5) is 23.6. The van der Waals surface area contributed by atoms with E-state index in [-0.39, 0.29) is 18.4 Å². The number of benzene rings is 1. The second-order valence-corrected chi connectivity index (χ2v) is 5.77. The number of anilines is 1. The Bertz CT molecular complexity index is 538. The summed E-state index contributed by atoms with van der Waals surface area (Å²) >= 11 is 0. The van der Waals surface area contributed by atoms with Crippen LogP contribution in [0.4, 0.5) is 5.69 Å². The molecule has 1 aromatic rings. The van der Waals surface area contributed by atoms with Crippen LogP contribution in [0.2, 0.25) is 0 Å². The molecular formula is C15H20N2O3. The lowest BCUT2D eigenvalue weighted by Gasteiger charge is -2.23. The highest BCUT2D eigenvalue weighted by Crippen LogP contribution is 2.23. The Morgan fingerprint density at radius 2 is 2.15 bits per heavy atom. The molecule has 5 heteroatoms. The van der Waals surface area contributed by atoms with Crippen molar-refractivity contribution in [2.45, 2.75) is 38.6 Å². The fourth-order valence-electron chi connectivity index (χ4n) is 2.13. The number of amides is 2. The maximum atomic E-state index is 12.1. The van der Waals surface area contributed by atoms with Crippen LogP contribution in [-0.4, -0.2) is 29.1 Å². The molecule has 0 radical (unpaired) electrons. The molecule has 20 heavy (non-hydrogen) atoms. The molecule has 1 aliphatic rings. The van der Waals surface area contributed by atoms with E-state index in [1.165, 1.54) is 0 Å². The van der Waals surface area contributed by atoms with Crippen molar-refractivity contribution < 1.29 is 14.7 Å². The summed E-state index contributed by atoms with van der Waals surface area (Å²) in [6.07, 6.45) is 2.07. The first-order valence-corrected chi connectivity index (χ1v) is 6.77. The van der Waals surface area contributed by atoms with Crippen molar-refractivity contribution in [1.29, 1.82) is 0 Å². The number of aliphatic hydroxyl groups is 1. The standard InChI is InChI=1S/C15H20N2O3/c1-15(2,9-18)17-14(20)11-6-7-12-10(8-11)4-3-5-13(19)16-12/h6-8,18H,3-5,9H2,1-2H3,(H,16,19)(H,17,20). The monoisotopic (exact) mass is 276 g/mol. The molecule has 108 valence electrons. The number of aryl methyl sites for hydroxylation is 1. The third kappa shape index (κ3) is 3.36. The number of hydrogen-bond donors (Lipinski definition) is 3. The van der Waals surface area contributed by atoms with Crippen LogP contribution < -0.4 is 10.6 Å². The highest BCUT2D eigenvalue weighted by atomic mass is 16.3. The first kappa shape index (κ1) is 14.5. The minimum atomic E-state index is -0.655. The molecule has 0 atom stereocenters. The number of carbonyl (C=O) groups excluding carboxylic acids is 2. The number of hydrogen-bond acceptors (Lipinski definition) is 3. The summed E-state index contributed by atoms with van der Waals surface area (Å²) in [5, 5.41) is 14.8. The van der Waals surface area contributed by atoms with Crippen LogP contribution in [0.5, 0.6) is 0 Å². The predicted molar refractivity (Wildman–Crippen MR) is 76.6 cm³/mol. The minimum absolute atomic E-state index is 0.0161. The van der Waals surface area contributed by atoms with Gasteiger partial charge in [-0.25, -0.2) is 0 Å². The topological polar surface area (TPSA) is 78.4 Å². The van der Waals surface area contributed by atoms with Crippen molar-refractivity contribution in [3.05, 3.63) is 29.3 Å². The lowest BCUT2D eigenvalue weighted by Crippen LogP contribution is -2.46. The summed E-state index contributed by atoms with van der Waals surface area (Å²) < 4.78 is 0. The summed E-state index contributed by atoms with van der Waals surface area (Å²) in [5.41, 5.74) is 1.65. The molecule has 0 fully saturated rings. The van der Waals surface area contributed by atoms with Crippen molar-refractivity contribution in [3.8, 4) is 0 Å². The number of nitrogens with one attached hydrogen (secondary N) is 2. The minimum Gasteiger partial charge on any atom is -0.394 e. The molecule has 1 heterocycles. The number of fused-ring (bicyclic) bond motifs is 1. The van der Waals surface area contributed by atoms with Gasteiger partial charge < -0.3 is 15.7 Å². The molecule has 3 N–H and O–H groups in total. The molecule has 0 aromatic heterocycles. The molecule has 5 nitrogen and oxygen atoms in total. The molecule has 1 aromatic carbocycles. The molecule has 0 aliphatic carbocycles. The molecule has 0 saturated heterocycles. The van der Waals surface area contributed by atoms with Gasteiger partial charge in [-0.15, -0.1) is 0 Å². The van der Waals surface area contributed by atoms with Crippen LogP contribution in [0.15, 0.2) is 18.2 Å². The van der Waals surface area contributed by atoms with Gasteiger partial charge in [0.25, 0.3) is 5.91 Å². The fraction of sp³-hybridized carbons (Fsp3) is 0.467. The normalized spacial score (nSPS) is 15.1. The smallest absolute Gasteiger partial charge is 0.251 e. The fourth-order valence-corrected chi connectivity index (χ4v) is 2.13. The lowest BCUT2D eigenvalue weighted by molar-refractivity contribution is -0.116. The summed E-state index contributed by atoms with van der Waals surface area (Å²) in [6, 6.07) is 5.26. The Morgan fingerprint density at radius 3 is 2.85 bits per heavy atom. The van der Waals surface area contributed by atoms with E-state index in [0.717, 1.165) is 24.1 Å². The first-order valence-electron chi connectivity index (χ1n) is 6.77. The Hall–Kier alpha value is -1.88. The van der Waals surface area contributed by atoms with Gasteiger partial charge in [0.05, 0.1) is 12.1 Å². The third-order valence-electron chi connectivity index (χ3n) is 3.34. The van der Waals surface area contributed by atoms with Crippen molar-refractivity contribution in [2.75, 3.05) is 11.9 Å². The molecule has 2 amide bonds. The van der Waals surface area contributed by atoms with Gasteiger partial charge in [0.1, 0.15) is 0 Å². The van der Waals surface area contributed by atoms with Crippen LogP contribution in [0.25, 0.3) is 0 Å². The summed E-state index contributed by atoms with van der Waals surface area (Å²) in [5.74, 6) is -0.204. The maximum Gasteiger partial charge on any atom is 0.251 e. The zero-order valence-corrected chi connectivity index (χ0v) is 11.8. The average Bonchev–Trinajstić information content (AvgIpc) is 2.58. The van der Waals surface area contributed by atoms with Crippen molar-refractivity contribution in [2.24, 2.45) is 0 Å². The largest absolute Gasteiger partial charge is 0.394 e. The Morgan fingerprint density at radius 1 is 1.40 bits per heavy atom. The first-order chi connectivity index (χ1) is 9.41. The number of carbonyl (C=O) groups is 2. The van der Waals surface area contributed by atoms with Crippen molar-refractivity contribution >= 4 is 17.5 Å². The molecule has 2 rings (SSSR count). The molecule has 0 bridgehead atoms. The highest BCUT2D eigenvalue weighted by Gasteiger charge is 2.21. The van der Waals surface area contributed by atoms with Crippen LogP contribution >= 0.6 is 0 Å². The Kier molecular flexibility index (Phi) is 4.09. The van der Waals surface area contributed by atoms with Gasteiger partial charge in [-0.3, -0.25) is 9.59 Å². The molecule has 0 unspecified atom stereocenters. The van der Waals surface area contributed by atoms with Gasteiger partial charge in [0.15, 0.2) is 0 Å². The van der Waals surface area contributed by atoms with E-state index >= 15 is 0 Å². The van der Waals surface area contributed by atoms with E-state index in [0.29, 0.717) is 12.0 Å². The van der Waals surface area contributed by atoms with Crippen molar-refractivity contribution in [3.63, 3.8) is 0 Å². The predicted octanol–water partition coefficient (Wildman–Crippen LogP) is 1.46. The van der Waals surface area contributed by atoms with Crippen molar-refractivity contribution in [1.82, 2.24) is 5.32 Å². The Balaban J connectivity index is 2.21. The highest BCUT2D eigenvalue weighted by molar-refractivity contribution is 5.97. The zero-order valence-electron chi connectivity index (χ0n) is 11.8. The van der Waals surface area contributed by atoms with Crippen LogP contribution in [0.1, 0.15) is 42.6 Å². The van der Waals surface area contributed by atoms with Crippen LogP contribution in [0.3, 0.4) is 0 Å². The quantitative estimate of drug-likeness (QED) is 0.782. The third-order valence-corrected chi connectivity index (χ3v) is 3.34. The van der Waals surface area contributed by atoms with Gasteiger partial charge in [-0.2, -0.15) is 0 Å². The van der Waals surface area contributed by atoms with E-state index in [9.17, 15) is 14.7 Å². The van der Waals surface area contributed by atoms with E-state index < -0.39 is 5.54 Å². The maximum absolute atomic E-state index is 12.1.